The molecule has 8 heteroatoms. The van der Waals surface area contributed by atoms with Gasteiger partial charge in [-0.2, -0.15) is 5.10 Å². The molecule has 0 aliphatic carbocycles. The van der Waals surface area contributed by atoms with Crippen LogP contribution in [0.5, 0.6) is 5.75 Å². The zero-order valence-electron chi connectivity index (χ0n) is 16.7. The Morgan fingerprint density at radius 1 is 1.20 bits per heavy atom. The molecule has 1 aromatic carbocycles. The van der Waals surface area contributed by atoms with Gasteiger partial charge in [0, 0.05) is 29.0 Å². The molecule has 0 unspecified atom stereocenters. The molecule has 1 N–H and O–H groups in total. The normalized spacial score (nSPS) is 11.2. The summed E-state index contributed by atoms with van der Waals surface area (Å²) in [4.78, 5) is 23.9. The number of aromatic nitrogens is 2. The number of para-hydroxylation sites is 1. The summed E-state index contributed by atoms with van der Waals surface area (Å²) in [6, 6.07) is 13.2. The predicted molar refractivity (Wildman–Crippen MR) is 118 cm³/mol. The number of benzene rings is 1. The minimum Gasteiger partial charge on any atom is -0.496 e. The number of nitrogens with zero attached hydrogens (tertiary/aromatic N) is 3. The van der Waals surface area contributed by atoms with E-state index < -0.39 is 5.97 Å². The van der Waals surface area contributed by atoms with Crippen LogP contribution in [0.4, 0.5) is 0 Å². The first kappa shape index (κ1) is 19.7. The quantitative estimate of drug-likeness (QED) is 0.369. The van der Waals surface area contributed by atoms with Crippen molar-refractivity contribution in [2.45, 2.75) is 13.8 Å². The lowest BCUT2D eigenvalue weighted by atomic mass is 10.1. The number of hydrazone groups is 1. The molecule has 4 aromatic rings. The summed E-state index contributed by atoms with van der Waals surface area (Å²) in [6.07, 6.45) is 5.31. The Labute approximate surface area is 177 Å². The van der Waals surface area contributed by atoms with Crippen LogP contribution >= 0.6 is 11.3 Å². The number of nitrogens with one attached hydrogen (secondary N) is 1. The first-order chi connectivity index (χ1) is 14.6. The number of hydrogen-bond acceptors (Lipinski definition) is 7. The molecule has 0 spiro atoms. The van der Waals surface area contributed by atoms with Crippen molar-refractivity contribution in [1.29, 1.82) is 0 Å². The van der Waals surface area contributed by atoms with Crippen LogP contribution in [-0.4, -0.2) is 28.8 Å². The minimum atomic E-state index is -0.532. The largest absolute Gasteiger partial charge is 0.496 e. The Kier molecular flexibility index (Phi) is 5.49. The number of rotatable bonds is 6. The molecule has 0 fully saturated rings. The molecule has 3 heterocycles. The lowest BCUT2D eigenvalue weighted by Crippen LogP contribution is -2.15. The topological polar surface area (TPSA) is 77.7 Å². The number of carbonyl (C=O) groups excluding carboxylic acids is 1. The van der Waals surface area contributed by atoms with E-state index in [1.165, 1.54) is 17.6 Å². The average Bonchev–Trinajstić information content (AvgIpc) is 3.38. The third-order valence-corrected chi connectivity index (χ3v) is 5.60. The highest BCUT2D eigenvalue weighted by molar-refractivity contribution is 7.21. The van der Waals surface area contributed by atoms with Gasteiger partial charge >= 0.3 is 5.97 Å². The summed E-state index contributed by atoms with van der Waals surface area (Å²) in [6.45, 7) is 3.95. The zero-order valence-corrected chi connectivity index (χ0v) is 17.6. The molecule has 0 aliphatic heterocycles. The van der Waals surface area contributed by atoms with Crippen molar-refractivity contribution in [2.24, 2.45) is 5.10 Å². The Hall–Kier alpha value is -3.65. The smallest absolute Gasteiger partial charge is 0.376 e. The fourth-order valence-corrected chi connectivity index (χ4v) is 4.45. The van der Waals surface area contributed by atoms with Crippen LogP contribution in [0.3, 0.4) is 0 Å². The van der Waals surface area contributed by atoms with E-state index in [0.29, 0.717) is 10.6 Å². The summed E-state index contributed by atoms with van der Waals surface area (Å²) in [5.74, 6) is 0.140. The van der Waals surface area contributed by atoms with Crippen molar-refractivity contribution in [3.8, 4) is 11.4 Å². The van der Waals surface area contributed by atoms with Crippen LogP contribution in [0.1, 0.15) is 26.5 Å². The fraction of sp³-hybridized carbons (Fsp3) is 0.136. The third kappa shape index (κ3) is 3.77. The van der Waals surface area contributed by atoms with Crippen LogP contribution in [0.2, 0.25) is 0 Å². The SMILES string of the molecule is COc1ccccc1/C=N/NOC(=O)c1sc2nc(C)cc(C)c2c1-n1cccc1. The molecule has 0 saturated heterocycles. The Balaban J connectivity index is 1.61. The summed E-state index contributed by atoms with van der Waals surface area (Å²) >= 11 is 1.30. The average molecular weight is 420 g/mol. The fourth-order valence-electron chi connectivity index (χ4n) is 3.27. The Bertz CT molecular complexity index is 1230. The lowest BCUT2D eigenvalue weighted by Gasteiger charge is -2.07. The molecule has 3 aromatic heterocycles. The van der Waals surface area contributed by atoms with Crippen molar-refractivity contribution in [2.75, 3.05) is 7.11 Å². The Morgan fingerprint density at radius 2 is 1.97 bits per heavy atom. The number of carbonyl (C=O) groups is 1. The number of pyridine rings is 1. The molecule has 0 amide bonds. The van der Waals surface area contributed by atoms with Gasteiger partial charge in [0.1, 0.15) is 15.5 Å². The molecule has 0 radical (unpaired) electrons. The van der Waals surface area contributed by atoms with Crippen molar-refractivity contribution in [3.63, 3.8) is 0 Å². The summed E-state index contributed by atoms with van der Waals surface area (Å²) < 4.78 is 7.17. The molecule has 0 bridgehead atoms. The number of thiophene rings is 1. The van der Waals surface area contributed by atoms with Crippen LogP contribution in [0.15, 0.2) is 60.0 Å². The first-order valence-electron chi connectivity index (χ1n) is 9.25. The van der Waals surface area contributed by atoms with E-state index in [2.05, 4.69) is 15.7 Å². The van der Waals surface area contributed by atoms with Crippen molar-refractivity contribution >= 4 is 33.7 Å². The van der Waals surface area contributed by atoms with Gasteiger partial charge in [0.05, 0.1) is 19.0 Å². The minimum absolute atomic E-state index is 0.447. The molecule has 0 aliphatic rings. The molecule has 30 heavy (non-hydrogen) atoms. The monoisotopic (exact) mass is 420 g/mol. The van der Waals surface area contributed by atoms with E-state index in [0.717, 1.165) is 32.7 Å². The van der Waals surface area contributed by atoms with E-state index in [1.54, 1.807) is 7.11 Å². The number of methoxy groups -OCH3 is 1. The highest BCUT2D eigenvalue weighted by atomic mass is 32.1. The van der Waals surface area contributed by atoms with Gasteiger partial charge in [0.25, 0.3) is 0 Å². The van der Waals surface area contributed by atoms with Gasteiger partial charge in [-0.25, -0.2) is 9.78 Å². The van der Waals surface area contributed by atoms with Crippen LogP contribution < -0.4 is 10.3 Å². The van der Waals surface area contributed by atoms with E-state index in [-0.39, 0.29) is 0 Å². The van der Waals surface area contributed by atoms with Crippen LogP contribution in [-0.2, 0) is 4.84 Å². The second-order valence-electron chi connectivity index (χ2n) is 6.61. The van der Waals surface area contributed by atoms with Gasteiger partial charge in [-0.1, -0.05) is 12.1 Å². The van der Waals surface area contributed by atoms with E-state index in [1.807, 2.05) is 73.3 Å². The molecular weight excluding hydrogens is 400 g/mol. The molecule has 7 nitrogen and oxygen atoms in total. The molecule has 152 valence electrons. The number of aryl methyl sites for hydroxylation is 2. The standard InChI is InChI=1S/C22H20N4O3S/c1-14-12-15(2)24-21-18(14)19(26-10-6-7-11-26)20(30-21)22(27)29-25-23-13-16-8-4-5-9-17(16)28-3/h4-13,25H,1-3H3/b23-13+. The van der Waals surface area contributed by atoms with Crippen molar-refractivity contribution < 1.29 is 14.4 Å². The van der Waals surface area contributed by atoms with Crippen LogP contribution in [0.25, 0.3) is 15.9 Å². The first-order valence-corrected chi connectivity index (χ1v) is 10.1. The molecule has 4 rings (SSSR count). The zero-order chi connectivity index (χ0) is 21.1. The highest BCUT2D eigenvalue weighted by Gasteiger charge is 2.23. The van der Waals surface area contributed by atoms with Gasteiger partial charge in [-0.3, -0.25) is 0 Å². The van der Waals surface area contributed by atoms with E-state index in [9.17, 15) is 4.79 Å². The number of hydrogen-bond donors (Lipinski definition) is 1. The van der Waals surface area contributed by atoms with E-state index >= 15 is 0 Å². The van der Waals surface area contributed by atoms with Gasteiger partial charge in [0.15, 0.2) is 0 Å². The lowest BCUT2D eigenvalue weighted by molar-refractivity contribution is 0.0268. The molecule has 0 saturated carbocycles. The second-order valence-corrected chi connectivity index (χ2v) is 7.61. The van der Waals surface area contributed by atoms with Gasteiger partial charge in [-0.05, 0) is 49.7 Å². The van der Waals surface area contributed by atoms with Gasteiger partial charge in [0.2, 0.25) is 0 Å². The number of fused-ring (bicyclic) bond motifs is 1. The highest BCUT2D eigenvalue weighted by Crippen LogP contribution is 2.36. The van der Waals surface area contributed by atoms with E-state index in [4.69, 9.17) is 9.57 Å². The van der Waals surface area contributed by atoms with Crippen molar-refractivity contribution in [1.82, 2.24) is 15.1 Å². The molecular formula is C22H20N4O3S. The van der Waals surface area contributed by atoms with Crippen LogP contribution in [0, 0.1) is 13.8 Å². The maximum Gasteiger partial charge on any atom is 0.376 e. The summed E-state index contributed by atoms with van der Waals surface area (Å²) in [7, 11) is 1.59. The summed E-state index contributed by atoms with van der Waals surface area (Å²) in [5.41, 5.74) is 5.84. The van der Waals surface area contributed by atoms with Crippen molar-refractivity contribution in [3.05, 3.63) is 76.6 Å². The maximum absolute atomic E-state index is 12.8. The molecule has 0 atom stereocenters. The number of ether oxygens (including phenoxy) is 1. The third-order valence-electron chi connectivity index (χ3n) is 4.54. The predicted octanol–water partition coefficient (Wildman–Crippen LogP) is 4.41. The summed E-state index contributed by atoms with van der Waals surface area (Å²) in [5, 5.41) is 4.91. The second kappa shape index (κ2) is 8.38. The van der Waals surface area contributed by atoms with Gasteiger partial charge < -0.3 is 14.1 Å². The Morgan fingerprint density at radius 3 is 2.73 bits per heavy atom. The van der Waals surface area contributed by atoms with Gasteiger partial charge in [-0.15, -0.1) is 16.9 Å². The maximum atomic E-state index is 12.8.